The van der Waals surface area contributed by atoms with E-state index in [9.17, 15) is 14.4 Å². The van der Waals surface area contributed by atoms with Crippen molar-refractivity contribution >= 4 is 17.9 Å². The average molecular weight is 1080 g/mol. The van der Waals surface area contributed by atoms with Crippen LogP contribution in [0.5, 0.6) is 0 Å². The molecule has 0 heterocycles. The van der Waals surface area contributed by atoms with Gasteiger partial charge in [-0.15, -0.1) is 0 Å². The zero-order chi connectivity index (χ0) is 55.7. The third-order valence-corrected chi connectivity index (χ3v) is 14.7. The number of rotatable bonds is 61. The highest BCUT2D eigenvalue weighted by molar-refractivity contribution is 5.71. The molecule has 1 atom stereocenters. The van der Waals surface area contributed by atoms with E-state index >= 15 is 0 Å². The lowest BCUT2D eigenvalue weighted by molar-refractivity contribution is -0.167. The van der Waals surface area contributed by atoms with E-state index in [2.05, 4.69) is 93.7 Å². The molecule has 0 saturated carbocycles. The van der Waals surface area contributed by atoms with Gasteiger partial charge in [-0.3, -0.25) is 14.4 Å². The minimum atomic E-state index is -0.776. The molecule has 0 aromatic carbocycles. The Morgan fingerprint density at radius 1 is 0.273 bits per heavy atom. The fraction of sp³-hybridized carbons (Fsp3) is 0.789. The van der Waals surface area contributed by atoms with Crippen LogP contribution in [-0.2, 0) is 28.6 Å². The lowest BCUT2D eigenvalue weighted by Crippen LogP contribution is -2.30. The second kappa shape index (κ2) is 65.4. The normalized spacial score (nSPS) is 12.5. The predicted molar refractivity (Wildman–Crippen MR) is 335 cm³/mol. The Labute approximate surface area is 478 Å². The van der Waals surface area contributed by atoms with Gasteiger partial charge in [-0.2, -0.15) is 0 Å². The molecule has 0 radical (unpaired) electrons. The summed E-state index contributed by atoms with van der Waals surface area (Å²) in [5, 5.41) is 0. The molecule has 0 saturated heterocycles. The third-order valence-electron chi connectivity index (χ3n) is 14.7. The van der Waals surface area contributed by atoms with E-state index in [1.54, 1.807) is 0 Å². The number of ether oxygens (including phenoxy) is 3. The van der Waals surface area contributed by atoms with Crippen molar-refractivity contribution in [2.75, 3.05) is 13.2 Å². The van der Waals surface area contributed by atoms with Crippen LogP contribution in [-0.4, -0.2) is 37.2 Å². The van der Waals surface area contributed by atoms with Gasteiger partial charge >= 0.3 is 17.9 Å². The van der Waals surface area contributed by atoms with E-state index in [1.807, 2.05) is 0 Å². The number of unbranched alkanes of at least 4 members (excludes halogenated alkanes) is 38. The van der Waals surface area contributed by atoms with Crippen LogP contribution >= 0.6 is 0 Å². The first kappa shape index (κ1) is 73.8. The minimum absolute atomic E-state index is 0.0725. The van der Waals surface area contributed by atoms with Crippen molar-refractivity contribution in [3.8, 4) is 0 Å². The van der Waals surface area contributed by atoms with Crippen LogP contribution in [0.4, 0.5) is 0 Å². The topological polar surface area (TPSA) is 78.9 Å². The molecule has 0 bridgehead atoms. The number of hydrogen-bond donors (Lipinski definition) is 0. The molecule has 0 fully saturated rings. The van der Waals surface area contributed by atoms with Crippen molar-refractivity contribution in [3.63, 3.8) is 0 Å². The molecule has 6 nitrogen and oxygen atoms in total. The minimum Gasteiger partial charge on any atom is -0.462 e. The summed E-state index contributed by atoms with van der Waals surface area (Å²) in [7, 11) is 0. The highest BCUT2D eigenvalue weighted by atomic mass is 16.6. The molecule has 77 heavy (non-hydrogen) atoms. The molecule has 0 amide bonds. The Balaban J connectivity index is 4.29. The molecule has 6 heteroatoms. The summed E-state index contributed by atoms with van der Waals surface area (Å²) in [5.74, 6) is -0.860. The van der Waals surface area contributed by atoms with E-state index in [0.717, 1.165) is 103 Å². The molecule has 0 rings (SSSR count). The van der Waals surface area contributed by atoms with E-state index in [4.69, 9.17) is 14.2 Å². The van der Waals surface area contributed by atoms with Crippen molar-refractivity contribution in [2.24, 2.45) is 0 Å². The zero-order valence-electron chi connectivity index (χ0n) is 51.2. The number of carbonyl (C=O) groups is 3. The van der Waals surface area contributed by atoms with E-state index < -0.39 is 6.10 Å². The fourth-order valence-corrected chi connectivity index (χ4v) is 9.74. The summed E-state index contributed by atoms with van der Waals surface area (Å²) in [5.41, 5.74) is 0. The second-order valence-electron chi connectivity index (χ2n) is 22.4. The Kier molecular flexibility index (Phi) is 62.7. The number of esters is 3. The summed E-state index contributed by atoms with van der Waals surface area (Å²) in [6, 6.07) is 0. The zero-order valence-corrected chi connectivity index (χ0v) is 51.2. The van der Waals surface area contributed by atoms with E-state index in [0.29, 0.717) is 19.3 Å². The quantitative estimate of drug-likeness (QED) is 0.0261. The molecule has 0 spiro atoms. The molecule has 0 aliphatic heterocycles. The molecule has 0 aliphatic carbocycles. The molecular formula is C71H126O6. The molecule has 0 aromatic rings. The number of allylic oxidation sites excluding steroid dienone is 12. The molecular weight excluding hydrogens is 949 g/mol. The fourth-order valence-electron chi connectivity index (χ4n) is 9.74. The standard InChI is InChI=1S/C71H126O6/c1-4-7-10-13-16-19-22-25-27-29-31-32-33-34-35-36-37-38-40-41-43-46-49-52-55-58-61-64-70(73)76-67-68(66-75-69(72)63-60-57-54-51-48-45-24-21-18-15-12-9-6-3)77-71(74)65-62-59-56-53-50-47-44-42-39-30-28-26-23-20-17-14-11-8-5-2/h7,10,16,19,25,27,31-32,34-35,37-38,68H,4-6,8-9,11-15,17-18,20-24,26,28-30,33,36,39-67H2,1-3H3/b10-7-,19-16-,27-25-,32-31-,35-34-,38-37-. The Hall–Kier alpha value is -3.15. The predicted octanol–water partition coefficient (Wildman–Crippen LogP) is 22.9. The van der Waals surface area contributed by atoms with Crippen LogP contribution in [0.1, 0.15) is 342 Å². The maximum Gasteiger partial charge on any atom is 0.306 e. The lowest BCUT2D eigenvalue weighted by atomic mass is 10.0. The van der Waals surface area contributed by atoms with Gasteiger partial charge in [0.2, 0.25) is 0 Å². The summed E-state index contributed by atoms with van der Waals surface area (Å²) in [6.07, 6.45) is 84.8. The SMILES string of the molecule is CC/C=C\C/C=C\C/C=C\C/C=C\C/C=C\C/C=C\CCCCCCCCCCC(=O)OCC(COC(=O)CCCCCCCCCCCCCCC)OC(=O)CCCCCCCCCCCCCCCCCCCCC. The van der Waals surface area contributed by atoms with Gasteiger partial charge in [-0.1, -0.05) is 325 Å². The first-order valence-electron chi connectivity index (χ1n) is 33.4. The van der Waals surface area contributed by atoms with E-state index in [-0.39, 0.29) is 31.1 Å². The van der Waals surface area contributed by atoms with Crippen molar-refractivity contribution < 1.29 is 28.6 Å². The maximum absolute atomic E-state index is 12.9. The molecule has 0 N–H and O–H groups in total. The maximum atomic E-state index is 12.9. The van der Waals surface area contributed by atoms with Crippen LogP contribution in [0, 0.1) is 0 Å². The Bertz CT molecular complexity index is 1420. The number of hydrogen-bond acceptors (Lipinski definition) is 6. The van der Waals surface area contributed by atoms with Crippen LogP contribution in [0.2, 0.25) is 0 Å². The van der Waals surface area contributed by atoms with Crippen molar-refractivity contribution in [1.82, 2.24) is 0 Å². The van der Waals surface area contributed by atoms with E-state index in [1.165, 1.54) is 199 Å². The van der Waals surface area contributed by atoms with Gasteiger partial charge in [0.05, 0.1) is 0 Å². The first-order chi connectivity index (χ1) is 38.0. The smallest absolute Gasteiger partial charge is 0.306 e. The van der Waals surface area contributed by atoms with Gasteiger partial charge < -0.3 is 14.2 Å². The van der Waals surface area contributed by atoms with Crippen LogP contribution in [0.15, 0.2) is 72.9 Å². The Morgan fingerprint density at radius 2 is 0.506 bits per heavy atom. The molecule has 1 unspecified atom stereocenters. The van der Waals surface area contributed by atoms with Gasteiger partial charge in [0, 0.05) is 19.3 Å². The van der Waals surface area contributed by atoms with Gasteiger partial charge in [0.15, 0.2) is 6.10 Å². The van der Waals surface area contributed by atoms with Gasteiger partial charge in [-0.05, 0) is 70.6 Å². The Morgan fingerprint density at radius 3 is 0.792 bits per heavy atom. The highest BCUT2D eigenvalue weighted by Crippen LogP contribution is 2.18. The molecule has 446 valence electrons. The summed E-state index contributed by atoms with van der Waals surface area (Å²) < 4.78 is 17.0. The number of carbonyl (C=O) groups excluding carboxylic acids is 3. The largest absolute Gasteiger partial charge is 0.462 e. The monoisotopic (exact) mass is 1070 g/mol. The second-order valence-corrected chi connectivity index (χ2v) is 22.4. The lowest BCUT2D eigenvalue weighted by Gasteiger charge is -2.18. The summed E-state index contributed by atoms with van der Waals surface area (Å²) in [6.45, 7) is 6.57. The van der Waals surface area contributed by atoms with Crippen LogP contribution in [0.25, 0.3) is 0 Å². The van der Waals surface area contributed by atoms with Crippen molar-refractivity contribution in [2.45, 2.75) is 348 Å². The molecule has 0 aliphatic rings. The average Bonchev–Trinajstić information content (AvgIpc) is 3.43. The van der Waals surface area contributed by atoms with Crippen molar-refractivity contribution in [3.05, 3.63) is 72.9 Å². The summed E-state index contributed by atoms with van der Waals surface area (Å²) in [4.78, 5) is 38.4. The van der Waals surface area contributed by atoms with Gasteiger partial charge in [0.1, 0.15) is 13.2 Å². The van der Waals surface area contributed by atoms with Gasteiger partial charge in [-0.25, -0.2) is 0 Å². The van der Waals surface area contributed by atoms with Crippen LogP contribution < -0.4 is 0 Å². The first-order valence-corrected chi connectivity index (χ1v) is 33.4. The van der Waals surface area contributed by atoms with Gasteiger partial charge in [0.25, 0.3) is 0 Å². The third kappa shape index (κ3) is 63.6. The molecule has 0 aromatic heterocycles. The van der Waals surface area contributed by atoms with Crippen LogP contribution in [0.3, 0.4) is 0 Å². The summed E-state index contributed by atoms with van der Waals surface area (Å²) >= 11 is 0. The van der Waals surface area contributed by atoms with Crippen molar-refractivity contribution in [1.29, 1.82) is 0 Å². The highest BCUT2D eigenvalue weighted by Gasteiger charge is 2.19.